The van der Waals surface area contributed by atoms with Crippen molar-refractivity contribution in [1.82, 2.24) is 0 Å². The minimum absolute atomic E-state index is 0.0106. The second-order valence-corrected chi connectivity index (χ2v) is 13.1. The molecule has 3 aromatic carbocycles. The van der Waals surface area contributed by atoms with Crippen LogP contribution in [0.15, 0.2) is 88.7 Å². The van der Waals surface area contributed by atoms with Gasteiger partial charge in [0.15, 0.2) is 20.6 Å². The van der Waals surface area contributed by atoms with Crippen molar-refractivity contribution in [2.45, 2.75) is 27.7 Å². The van der Waals surface area contributed by atoms with Gasteiger partial charge >= 0.3 is 42.4 Å². The van der Waals surface area contributed by atoms with Crippen LogP contribution in [0.5, 0.6) is 5.75 Å². The van der Waals surface area contributed by atoms with Crippen LogP contribution in [-0.4, -0.2) is 0 Å². The van der Waals surface area contributed by atoms with Gasteiger partial charge in [-0.1, -0.05) is 56.7 Å². The molecule has 0 unspecified atom stereocenters. The lowest BCUT2D eigenvalue weighted by atomic mass is 9.95. The van der Waals surface area contributed by atoms with Crippen molar-refractivity contribution in [2.75, 3.05) is 0 Å². The highest BCUT2D eigenvalue weighted by molar-refractivity contribution is 5.28. The molecule has 0 fully saturated rings. The van der Waals surface area contributed by atoms with E-state index in [1.54, 1.807) is 0 Å². The smallest absolute Gasteiger partial charge is 0.357 e. The Morgan fingerprint density at radius 2 is 1.32 bits per heavy atom. The highest BCUT2D eigenvalue weighted by Gasteiger charge is 2.25. The van der Waals surface area contributed by atoms with Gasteiger partial charge in [0.05, 0.1) is 0 Å². The molecular weight excluding hydrogens is 570 g/mol. The summed E-state index contributed by atoms with van der Waals surface area (Å²) >= 11 is -0.323. The Bertz CT molecular complexity index is 906. The van der Waals surface area contributed by atoms with Gasteiger partial charge in [-0.25, -0.2) is 0 Å². The zero-order valence-electron chi connectivity index (χ0n) is 16.7. The molecule has 0 aliphatic carbocycles. The van der Waals surface area contributed by atoms with Crippen molar-refractivity contribution in [3.63, 3.8) is 0 Å². The third kappa shape index (κ3) is 6.62. The second-order valence-electron chi connectivity index (χ2n) is 7.57. The lowest BCUT2D eigenvalue weighted by Gasteiger charge is -2.21. The predicted molar refractivity (Wildman–Crippen MR) is 108 cm³/mol. The summed E-state index contributed by atoms with van der Waals surface area (Å²) in [5, 5.41) is 0. The van der Waals surface area contributed by atoms with Crippen LogP contribution in [0.3, 0.4) is 0 Å². The van der Waals surface area contributed by atoms with Crippen molar-refractivity contribution < 1.29 is 47.1 Å². The van der Waals surface area contributed by atoms with Crippen molar-refractivity contribution in [1.29, 1.82) is 0 Å². The molecule has 0 aliphatic heterocycles. The Morgan fingerprint density at radius 1 is 0.750 bits per heavy atom. The van der Waals surface area contributed by atoms with Gasteiger partial charge in [-0.15, -0.1) is 0 Å². The number of ether oxygens (including phenoxy) is 1. The molecule has 28 heavy (non-hydrogen) atoms. The van der Waals surface area contributed by atoms with Gasteiger partial charge < -0.3 is 4.74 Å². The topological polar surface area (TPSA) is 9.23 Å². The highest BCUT2D eigenvalue weighted by Crippen LogP contribution is 2.27. The summed E-state index contributed by atoms with van der Waals surface area (Å²) in [6.45, 7) is 8.73. The Balaban J connectivity index is 1.69. The first-order valence-electron chi connectivity index (χ1n) is 9.29. The van der Waals surface area contributed by atoms with E-state index in [4.69, 9.17) is 4.74 Å². The average molecular weight is 596 g/mol. The van der Waals surface area contributed by atoms with E-state index < -0.39 is 0 Å². The molecule has 1 nitrogen and oxygen atoms in total. The largest absolute Gasteiger partial charge is 0.457 e. The number of halogens is 2. The third-order valence-electron chi connectivity index (χ3n) is 4.02. The molecule has 3 aromatic rings. The second kappa shape index (κ2) is 9.92. The van der Waals surface area contributed by atoms with Crippen LogP contribution >= 0.6 is 0 Å². The fourth-order valence-electron chi connectivity index (χ4n) is 2.35. The minimum atomic E-state index is -0.232. The van der Waals surface area contributed by atoms with Crippen LogP contribution in [0.25, 0.3) is 0 Å². The molecular formula is C25H26I2O+2. The zero-order valence-corrected chi connectivity index (χ0v) is 21.1. The summed E-state index contributed by atoms with van der Waals surface area (Å²) in [7, 11) is 0. The molecule has 0 spiro atoms. The number of hydrogen-bond donors (Lipinski definition) is 0. The van der Waals surface area contributed by atoms with Crippen LogP contribution in [-0.2, 0) is 0 Å². The van der Waals surface area contributed by atoms with Gasteiger partial charge in [-0.2, -0.15) is 0 Å². The Kier molecular flexibility index (Phi) is 7.57. The van der Waals surface area contributed by atoms with Crippen molar-refractivity contribution in [3.8, 4) is 5.75 Å². The van der Waals surface area contributed by atoms with Crippen LogP contribution in [0.1, 0.15) is 26.3 Å². The van der Waals surface area contributed by atoms with Crippen LogP contribution in [0, 0.1) is 23.0 Å². The number of benzene rings is 3. The molecule has 0 saturated heterocycles. The van der Waals surface area contributed by atoms with Gasteiger partial charge in [0.2, 0.25) is 0 Å². The molecule has 0 aliphatic rings. The number of aryl methyl sites for hydroxylation is 1. The molecule has 144 valence electrons. The Labute approximate surface area is 189 Å². The summed E-state index contributed by atoms with van der Waals surface area (Å²) in [4.78, 5) is 0. The summed E-state index contributed by atoms with van der Waals surface area (Å²) in [5.74, 6) is 1.98. The van der Waals surface area contributed by atoms with E-state index in [1.165, 1.54) is 16.3 Å². The normalized spacial score (nSPS) is 12.1. The maximum absolute atomic E-state index is 6.25. The molecule has 0 amide bonds. The Morgan fingerprint density at radius 3 is 1.93 bits per heavy atom. The molecule has 0 atom stereocenters. The van der Waals surface area contributed by atoms with Gasteiger partial charge in [0.1, 0.15) is 5.75 Å². The Hall–Kier alpha value is -1.34. The highest BCUT2D eigenvalue weighted by atomic mass is 127. The van der Waals surface area contributed by atoms with E-state index in [2.05, 4.69) is 111 Å². The van der Waals surface area contributed by atoms with E-state index in [9.17, 15) is 0 Å². The molecule has 0 heterocycles. The first kappa shape index (κ1) is 21.4. The zero-order chi connectivity index (χ0) is 20.0. The van der Waals surface area contributed by atoms with E-state index in [0.29, 0.717) is 0 Å². The van der Waals surface area contributed by atoms with Crippen LogP contribution < -0.4 is 47.1 Å². The third-order valence-corrected chi connectivity index (χ3v) is 9.02. The van der Waals surface area contributed by atoms with E-state index in [-0.39, 0.29) is 47.8 Å². The summed E-state index contributed by atoms with van der Waals surface area (Å²) in [6.07, 6.45) is 0. The molecule has 3 heteroatoms. The lowest BCUT2D eigenvalue weighted by Crippen LogP contribution is -3.61. The molecule has 0 radical (unpaired) electrons. The summed E-state index contributed by atoms with van der Waals surface area (Å²) < 4.78 is 12.9. The van der Waals surface area contributed by atoms with Gasteiger partial charge in [0, 0.05) is 5.41 Å². The first-order valence-corrected chi connectivity index (χ1v) is 13.8. The SMILES string of the molecule is Cc1ccc(O/C(=C/[I+]c2ccc([I+]c3ccccc3)cc2)C(C)(C)C)cc1. The van der Waals surface area contributed by atoms with Crippen molar-refractivity contribution in [2.24, 2.45) is 5.41 Å². The van der Waals surface area contributed by atoms with E-state index in [0.717, 1.165) is 11.5 Å². The fourth-order valence-corrected chi connectivity index (χ4v) is 7.05. The van der Waals surface area contributed by atoms with Gasteiger partial charge in [-0.05, 0) is 55.5 Å². The molecule has 0 bridgehead atoms. The van der Waals surface area contributed by atoms with E-state index >= 15 is 0 Å². The predicted octanol–water partition coefficient (Wildman–Crippen LogP) is 0.349. The standard InChI is InChI=1S/C25H26I2O/c1-19-10-16-23(17-11-19)28-24(25(2,3)4)18-26-20-12-14-22(15-13-20)27-21-8-6-5-7-9-21/h5-18H,1-4H3/q+2/b24-18+. The van der Waals surface area contributed by atoms with Gasteiger partial charge in [0.25, 0.3) is 0 Å². The van der Waals surface area contributed by atoms with Crippen LogP contribution in [0.4, 0.5) is 0 Å². The van der Waals surface area contributed by atoms with Crippen molar-refractivity contribution in [3.05, 3.63) is 105 Å². The first-order chi connectivity index (χ1) is 13.4. The molecule has 0 N–H and O–H groups in total. The molecule has 3 rings (SSSR count). The lowest BCUT2D eigenvalue weighted by molar-refractivity contribution is -0.598. The minimum Gasteiger partial charge on any atom is -0.457 e. The quantitative estimate of drug-likeness (QED) is 0.295. The fraction of sp³-hybridized carbons (Fsp3) is 0.200. The summed E-state index contributed by atoms with van der Waals surface area (Å²) in [6, 6.07) is 28.3. The van der Waals surface area contributed by atoms with E-state index in [1.807, 2.05) is 0 Å². The van der Waals surface area contributed by atoms with Gasteiger partial charge in [-0.3, -0.25) is 0 Å². The van der Waals surface area contributed by atoms with Crippen molar-refractivity contribution >= 4 is 0 Å². The number of hydrogen-bond acceptors (Lipinski definition) is 1. The maximum Gasteiger partial charge on any atom is 0.357 e. The number of allylic oxidation sites excluding steroid dienone is 1. The number of rotatable bonds is 6. The summed E-state index contributed by atoms with van der Waals surface area (Å²) in [5.41, 5.74) is 1.24. The molecule has 0 saturated carbocycles. The maximum atomic E-state index is 6.25. The monoisotopic (exact) mass is 596 g/mol. The van der Waals surface area contributed by atoms with Crippen LogP contribution in [0.2, 0.25) is 0 Å². The average Bonchev–Trinajstić information content (AvgIpc) is 2.68. The molecule has 0 aromatic heterocycles.